The van der Waals surface area contributed by atoms with Gasteiger partial charge in [0.2, 0.25) is 0 Å². The maximum atomic E-state index is 13.7. The monoisotopic (exact) mass is 593 g/mol. The average molecular weight is 594 g/mol. The summed E-state index contributed by atoms with van der Waals surface area (Å²) in [5.41, 5.74) is -1.61. The number of benzene rings is 2. The van der Waals surface area contributed by atoms with Crippen LogP contribution < -0.4 is 9.46 Å². The number of aromatic nitrogens is 2. The van der Waals surface area contributed by atoms with Gasteiger partial charge >= 0.3 is 15.5 Å². The standard InChI is InChI=1S/C27H20F5N3O3S2/c28-21-13-17-5-7-18(35-23(17)14-22(21)29)6-3-16-4-8-25-20(12-16)26(19-2-1-9-33-24(19)15-38-25)39-11-10-34-40(36,37)27(30,31)32/h1-9,12-14,26,34H,10-11,15H2/b6-3+. The molecule has 1 unspecified atom stereocenters. The molecule has 1 N–H and O–H groups in total. The minimum Gasteiger partial charge on any atom is -0.487 e. The zero-order chi connectivity index (χ0) is 28.5. The van der Waals surface area contributed by atoms with Crippen LogP contribution in [0.4, 0.5) is 22.0 Å². The van der Waals surface area contributed by atoms with Gasteiger partial charge in [-0.05, 0) is 47.5 Å². The Kier molecular flexibility index (Phi) is 7.80. The third-order valence-electron chi connectivity index (χ3n) is 6.07. The Balaban J connectivity index is 1.41. The third-order valence-corrected chi connectivity index (χ3v) is 8.55. The van der Waals surface area contributed by atoms with Gasteiger partial charge in [-0.3, -0.25) is 4.98 Å². The lowest BCUT2D eigenvalue weighted by atomic mass is 10.0. The average Bonchev–Trinajstić information content (AvgIpc) is 3.06. The molecule has 2 aromatic heterocycles. The van der Waals surface area contributed by atoms with Gasteiger partial charge in [-0.1, -0.05) is 24.3 Å². The molecule has 0 bridgehead atoms. The summed E-state index contributed by atoms with van der Waals surface area (Å²) in [7, 11) is -5.44. The van der Waals surface area contributed by atoms with Gasteiger partial charge in [-0.15, -0.1) is 11.8 Å². The number of rotatable bonds is 7. The van der Waals surface area contributed by atoms with Crippen LogP contribution in [0, 0.1) is 11.6 Å². The molecule has 5 rings (SSSR count). The molecule has 6 nitrogen and oxygen atoms in total. The minimum absolute atomic E-state index is 0.0476. The number of sulfonamides is 1. The van der Waals surface area contributed by atoms with Crippen molar-refractivity contribution >= 4 is 44.8 Å². The SMILES string of the molecule is O=S(=O)(NCCSC1c2cc(/C=C/c3ccc4cc(F)c(F)cc4n3)ccc2OCc2ncccc21)C(F)(F)F. The number of hydrogen-bond acceptors (Lipinski definition) is 6. The fourth-order valence-electron chi connectivity index (χ4n) is 4.15. The quantitative estimate of drug-likeness (QED) is 0.202. The Hall–Kier alpha value is -3.55. The van der Waals surface area contributed by atoms with Gasteiger partial charge in [-0.25, -0.2) is 26.9 Å². The molecule has 1 aliphatic heterocycles. The van der Waals surface area contributed by atoms with Crippen LogP contribution in [-0.2, 0) is 16.6 Å². The van der Waals surface area contributed by atoms with Crippen LogP contribution in [0.5, 0.6) is 5.75 Å². The van der Waals surface area contributed by atoms with E-state index in [-0.39, 0.29) is 12.4 Å². The zero-order valence-electron chi connectivity index (χ0n) is 20.5. The zero-order valence-corrected chi connectivity index (χ0v) is 22.1. The topological polar surface area (TPSA) is 81.2 Å². The molecular weight excluding hydrogens is 573 g/mol. The lowest BCUT2D eigenvalue weighted by Crippen LogP contribution is -2.37. The van der Waals surface area contributed by atoms with E-state index in [1.54, 1.807) is 47.3 Å². The summed E-state index contributed by atoms with van der Waals surface area (Å²) in [6.07, 6.45) is 5.11. The summed E-state index contributed by atoms with van der Waals surface area (Å²) in [6.45, 7) is -0.235. The van der Waals surface area contributed by atoms with Gasteiger partial charge in [-0.2, -0.15) is 13.2 Å². The Morgan fingerprint density at radius 1 is 1.02 bits per heavy atom. The van der Waals surface area contributed by atoms with Crippen LogP contribution in [0.3, 0.4) is 0 Å². The number of thioether (sulfide) groups is 1. The molecule has 0 radical (unpaired) electrons. The van der Waals surface area contributed by atoms with E-state index in [1.165, 1.54) is 11.8 Å². The summed E-state index contributed by atoms with van der Waals surface area (Å²) in [5.74, 6) is -1.33. The fraction of sp³-hybridized carbons (Fsp3) is 0.185. The van der Waals surface area contributed by atoms with Crippen LogP contribution >= 0.6 is 11.8 Å². The predicted octanol–water partition coefficient (Wildman–Crippen LogP) is 6.23. The van der Waals surface area contributed by atoms with E-state index < -0.39 is 39.0 Å². The van der Waals surface area contributed by atoms with E-state index in [1.807, 2.05) is 18.2 Å². The molecule has 0 spiro atoms. The van der Waals surface area contributed by atoms with Crippen molar-refractivity contribution in [2.24, 2.45) is 0 Å². The Morgan fingerprint density at radius 3 is 2.62 bits per heavy atom. The number of nitrogens with zero attached hydrogens (tertiary/aromatic N) is 2. The minimum atomic E-state index is -5.44. The highest BCUT2D eigenvalue weighted by Gasteiger charge is 2.45. The number of hydrogen-bond donors (Lipinski definition) is 1. The summed E-state index contributed by atoms with van der Waals surface area (Å²) in [5, 5.41) is 0.0597. The first-order valence-corrected chi connectivity index (χ1v) is 14.4. The molecule has 0 saturated carbocycles. The largest absolute Gasteiger partial charge is 0.511 e. The van der Waals surface area contributed by atoms with Crippen molar-refractivity contribution in [3.63, 3.8) is 0 Å². The van der Waals surface area contributed by atoms with Crippen LogP contribution in [-0.4, -0.2) is 36.2 Å². The van der Waals surface area contributed by atoms with Crippen molar-refractivity contribution in [1.29, 1.82) is 0 Å². The molecule has 0 fully saturated rings. The van der Waals surface area contributed by atoms with Crippen LogP contribution in [0.15, 0.2) is 60.8 Å². The van der Waals surface area contributed by atoms with E-state index >= 15 is 0 Å². The molecule has 208 valence electrons. The normalized spacial score (nSPS) is 15.5. The molecule has 1 atom stereocenters. The third kappa shape index (κ3) is 5.96. The molecule has 2 aromatic carbocycles. The second-order valence-corrected chi connectivity index (χ2v) is 11.7. The van der Waals surface area contributed by atoms with Crippen molar-refractivity contribution in [2.75, 3.05) is 12.3 Å². The van der Waals surface area contributed by atoms with Crippen LogP contribution in [0.2, 0.25) is 0 Å². The molecule has 13 heteroatoms. The van der Waals surface area contributed by atoms with Gasteiger partial charge < -0.3 is 4.74 Å². The molecule has 40 heavy (non-hydrogen) atoms. The number of ether oxygens (including phenoxy) is 1. The molecular formula is C27H20F5N3O3S2. The first-order valence-electron chi connectivity index (χ1n) is 11.8. The van der Waals surface area contributed by atoms with Crippen LogP contribution in [0.1, 0.15) is 33.3 Å². The van der Waals surface area contributed by atoms with Gasteiger partial charge in [0.05, 0.1) is 22.2 Å². The molecule has 4 aromatic rings. The first-order chi connectivity index (χ1) is 19.0. The number of fused-ring (bicyclic) bond motifs is 3. The number of alkyl halides is 3. The molecule has 0 saturated heterocycles. The van der Waals surface area contributed by atoms with Crippen molar-refractivity contribution in [2.45, 2.75) is 17.4 Å². The Labute approximate surface area is 230 Å². The van der Waals surface area contributed by atoms with Gasteiger partial charge in [0, 0.05) is 35.5 Å². The van der Waals surface area contributed by atoms with Gasteiger partial charge in [0.15, 0.2) is 11.6 Å². The summed E-state index contributed by atoms with van der Waals surface area (Å²) in [6, 6.07) is 14.5. The molecule has 3 heterocycles. The first kappa shape index (κ1) is 28.0. The maximum Gasteiger partial charge on any atom is 0.511 e. The van der Waals surface area contributed by atoms with E-state index in [2.05, 4.69) is 9.97 Å². The Bertz CT molecular complexity index is 1710. The second-order valence-electron chi connectivity index (χ2n) is 8.75. The van der Waals surface area contributed by atoms with E-state index in [9.17, 15) is 30.4 Å². The molecule has 1 aliphatic rings. The molecule has 0 aliphatic carbocycles. The van der Waals surface area contributed by atoms with Crippen molar-refractivity contribution in [3.05, 3.63) is 101 Å². The lowest BCUT2D eigenvalue weighted by Gasteiger charge is -2.19. The highest BCUT2D eigenvalue weighted by atomic mass is 32.2. The van der Waals surface area contributed by atoms with Crippen molar-refractivity contribution < 1.29 is 35.1 Å². The lowest BCUT2D eigenvalue weighted by molar-refractivity contribution is -0.0447. The second kappa shape index (κ2) is 11.1. The summed E-state index contributed by atoms with van der Waals surface area (Å²) >= 11 is 1.26. The summed E-state index contributed by atoms with van der Waals surface area (Å²) in [4.78, 5) is 8.74. The molecule has 0 amide bonds. The summed E-state index contributed by atoms with van der Waals surface area (Å²) < 4.78 is 95.5. The van der Waals surface area contributed by atoms with Gasteiger partial charge in [0.25, 0.3) is 0 Å². The highest BCUT2D eigenvalue weighted by molar-refractivity contribution is 7.99. The maximum absolute atomic E-state index is 13.7. The van der Waals surface area contributed by atoms with E-state index in [4.69, 9.17) is 4.74 Å². The number of nitrogens with one attached hydrogen (secondary N) is 1. The van der Waals surface area contributed by atoms with E-state index in [0.717, 1.165) is 28.8 Å². The van der Waals surface area contributed by atoms with Crippen molar-refractivity contribution in [1.82, 2.24) is 14.7 Å². The van der Waals surface area contributed by atoms with Crippen molar-refractivity contribution in [3.8, 4) is 5.75 Å². The highest BCUT2D eigenvalue weighted by Crippen LogP contribution is 2.44. The number of halogens is 5. The van der Waals surface area contributed by atoms with Gasteiger partial charge in [0.1, 0.15) is 12.4 Å². The Morgan fingerprint density at radius 2 is 1.82 bits per heavy atom. The van der Waals surface area contributed by atoms with Crippen LogP contribution in [0.25, 0.3) is 23.1 Å². The fourth-order valence-corrected chi connectivity index (χ4v) is 6.03. The number of pyridine rings is 2. The predicted molar refractivity (Wildman–Crippen MR) is 143 cm³/mol. The smallest absolute Gasteiger partial charge is 0.487 e. The van der Waals surface area contributed by atoms with E-state index in [0.29, 0.717) is 28.0 Å².